The Bertz CT molecular complexity index is 514. The maximum absolute atomic E-state index is 11.5. The van der Waals surface area contributed by atoms with Crippen molar-refractivity contribution in [3.8, 4) is 0 Å². The van der Waals surface area contributed by atoms with Gasteiger partial charge in [0.15, 0.2) is 6.10 Å². The van der Waals surface area contributed by atoms with Gasteiger partial charge in [-0.25, -0.2) is 9.55 Å². The van der Waals surface area contributed by atoms with Crippen LogP contribution in [-0.4, -0.2) is 45.6 Å². The predicted octanol–water partition coefficient (Wildman–Crippen LogP) is -0.249. The smallest absolute Gasteiger partial charge is 0.342 e. The average Bonchev–Trinajstić information content (AvgIpc) is 2.91. The minimum absolute atomic E-state index is 0.0909. The molecule has 1 aromatic rings. The Morgan fingerprint density at radius 2 is 2.32 bits per heavy atom. The molecule has 0 bridgehead atoms. The highest BCUT2D eigenvalue weighted by Gasteiger charge is 2.40. The van der Waals surface area contributed by atoms with Crippen molar-refractivity contribution in [3.63, 3.8) is 0 Å². The van der Waals surface area contributed by atoms with Crippen LogP contribution in [0, 0.1) is 10.1 Å². The number of nitrogens with one attached hydrogen (secondary N) is 1. The number of amides is 1. The molecule has 2 unspecified atom stereocenters. The number of rotatable bonds is 3. The fourth-order valence-corrected chi connectivity index (χ4v) is 2.15. The lowest BCUT2D eigenvalue weighted by molar-refractivity contribution is -0.391. The topological polar surface area (TPSA) is 103 Å². The van der Waals surface area contributed by atoms with E-state index in [-0.39, 0.29) is 17.8 Å². The molecule has 9 nitrogen and oxygen atoms in total. The second-order valence-electron chi connectivity index (χ2n) is 4.30. The summed E-state index contributed by atoms with van der Waals surface area (Å²) in [7, 11) is 4.78. The molecular formula is C10H15N5O4. The van der Waals surface area contributed by atoms with Gasteiger partial charge >= 0.3 is 5.82 Å². The summed E-state index contributed by atoms with van der Waals surface area (Å²) in [5.74, 6) is 0.186. The summed E-state index contributed by atoms with van der Waals surface area (Å²) < 4.78 is 1.40. The van der Waals surface area contributed by atoms with Crippen molar-refractivity contribution >= 4 is 11.7 Å². The van der Waals surface area contributed by atoms with Crippen LogP contribution in [0.4, 0.5) is 5.82 Å². The zero-order valence-electron chi connectivity index (χ0n) is 10.9. The number of hydroxylamine groups is 2. The summed E-state index contributed by atoms with van der Waals surface area (Å²) in [4.78, 5) is 31.3. The van der Waals surface area contributed by atoms with Gasteiger partial charge in [-0.2, -0.15) is 5.06 Å². The van der Waals surface area contributed by atoms with Crippen molar-refractivity contribution < 1.29 is 14.6 Å². The van der Waals surface area contributed by atoms with E-state index in [4.69, 9.17) is 4.84 Å². The Morgan fingerprint density at radius 1 is 1.63 bits per heavy atom. The first-order valence-electron chi connectivity index (χ1n) is 5.73. The normalized spacial score (nSPS) is 23.5. The summed E-state index contributed by atoms with van der Waals surface area (Å²) >= 11 is 0. The third kappa shape index (κ3) is 2.29. The van der Waals surface area contributed by atoms with E-state index in [0.717, 1.165) is 0 Å². The molecular weight excluding hydrogens is 254 g/mol. The molecule has 0 saturated carbocycles. The first-order valence-corrected chi connectivity index (χ1v) is 5.73. The number of imidazole rings is 1. The lowest BCUT2D eigenvalue weighted by Gasteiger charge is -2.14. The molecule has 0 aliphatic carbocycles. The van der Waals surface area contributed by atoms with Crippen molar-refractivity contribution in [2.45, 2.75) is 18.6 Å². The third-order valence-corrected chi connectivity index (χ3v) is 3.19. The molecule has 2 rings (SSSR count). The van der Waals surface area contributed by atoms with E-state index in [9.17, 15) is 14.9 Å². The molecule has 0 radical (unpaired) electrons. The minimum Gasteiger partial charge on any atom is -0.358 e. The van der Waals surface area contributed by atoms with E-state index in [2.05, 4.69) is 10.3 Å². The number of likely N-dealkylation sites (N-methyl/N-ethyl adjacent to an activating group) is 1. The second-order valence-corrected chi connectivity index (χ2v) is 4.30. The van der Waals surface area contributed by atoms with Crippen molar-refractivity contribution in [2.75, 3.05) is 14.1 Å². The lowest BCUT2D eigenvalue weighted by atomic mass is 10.1. The van der Waals surface area contributed by atoms with Gasteiger partial charge in [-0.05, 0) is 4.92 Å². The molecule has 0 spiro atoms. The van der Waals surface area contributed by atoms with Crippen LogP contribution in [-0.2, 0) is 16.7 Å². The summed E-state index contributed by atoms with van der Waals surface area (Å²) in [6, 6.07) is -0.291. The van der Waals surface area contributed by atoms with Crippen LogP contribution >= 0.6 is 0 Å². The Balaban J connectivity index is 2.23. The van der Waals surface area contributed by atoms with Gasteiger partial charge in [0.05, 0.1) is 7.05 Å². The number of aromatic nitrogens is 2. The number of hydrogen-bond acceptors (Lipinski definition) is 6. The predicted molar refractivity (Wildman–Crippen MR) is 63.9 cm³/mol. The van der Waals surface area contributed by atoms with Crippen LogP contribution in [0.1, 0.15) is 18.3 Å². The van der Waals surface area contributed by atoms with E-state index < -0.39 is 11.0 Å². The van der Waals surface area contributed by atoms with Gasteiger partial charge < -0.3 is 15.4 Å². The van der Waals surface area contributed by atoms with Crippen molar-refractivity contribution in [2.24, 2.45) is 7.05 Å². The first-order chi connectivity index (χ1) is 8.95. The molecule has 1 aromatic heterocycles. The van der Waals surface area contributed by atoms with Crippen molar-refractivity contribution in [1.82, 2.24) is 19.9 Å². The number of nitro groups is 1. The van der Waals surface area contributed by atoms with E-state index in [0.29, 0.717) is 12.2 Å². The number of hydrogen-bond donors (Lipinski definition) is 1. The molecule has 2 heterocycles. The molecule has 1 aliphatic rings. The molecule has 1 N–H and O–H groups in total. The fourth-order valence-electron chi connectivity index (χ4n) is 2.15. The van der Waals surface area contributed by atoms with E-state index in [1.165, 1.54) is 22.9 Å². The van der Waals surface area contributed by atoms with Crippen LogP contribution in [0.15, 0.2) is 6.20 Å². The SMILES string of the molecule is CNC(=O)C1CC(c2ncc([N+](=O)[O-])n2C)N(C)O1. The molecule has 1 fully saturated rings. The van der Waals surface area contributed by atoms with Crippen LogP contribution in [0.25, 0.3) is 0 Å². The van der Waals surface area contributed by atoms with Crippen molar-refractivity contribution in [3.05, 3.63) is 22.1 Å². The molecule has 2 atom stereocenters. The maximum atomic E-state index is 11.5. The summed E-state index contributed by atoms with van der Waals surface area (Å²) in [5.41, 5.74) is 0. The quantitative estimate of drug-likeness (QED) is 0.599. The molecule has 9 heteroatoms. The Morgan fingerprint density at radius 3 is 2.84 bits per heavy atom. The second kappa shape index (κ2) is 4.94. The molecule has 104 valence electrons. The highest BCUT2D eigenvalue weighted by molar-refractivity contribution is 5.80. The molecule has 0 aromatic carbocycles. The van der Waals surface area contributed by atoms with Gasteiger partial charge in [0, 0.05) is 20.5 Å². The zero-order chi connectivity index (χ0) is 14.2. The number of carbonyl (C=O) groups excluding carboxylic acids is 1. The minimum atomic E-state index is -0.601. The largest absolute Gasteiger partial charge is 0.358 e. The number of nitrogens with zero attached hydrogens (tertiary/aromatic N) is 4. The Labute approximate surface area is 109 Å². The number of carbonyl (C=O) groups is 1. The molecule has 1 amide bonds. The average molecular weight is 269 g/mol. The van der Waals surface area contributed by atoms with Crippen LogP contribution in [0.2, 0.25) is 0 Å². The van der Waals surface area contributed by atoms with Gasteiger partial charge in [0.25, 0.3) is 5.91 Å². The Hall–Kier alpha value is -2.00. The molecule has 1 saturated heterocycles. The highest BCUT2D eigenvalue weighted by atomic mass is 16.7. The van der Waals surface area contributed by atoms with Gasteiger partial charge in [0.1, 0.15) is 12.2 Å². The summed E-state index contributed by atoms with van der Waals surface area (Å²) in [5, 5.41) is 14.8. The third-order valence-electron chi connectivity index (χ3n) is 3.19. The monoisotopic (exact) mass is 269 g/mol. The van der Waals surface area contributed by atoms with Gasteiger partial charge in [-0.15, -0.1) is 0 Å². The zero-order valence-corrected chi connectivity index (χ0v) is 10.9. The van der Waals surface area contributed by atoms with Gasteiger partial charge in [-0.1, -0.05) is 0 Å². The lowest BCUT2D eigenvalue weighted by Crippen LogP contribution is -2.32. The standard InChI is InChI=1S/C10H15N5O4/c1-11-10(16)7-4-6(14(3)19-7)9-12-5-8(13(9)2)15(17)18/h5-7H,4H2,1-3H3,(H,11,16). The first kappa shape index (κ1) is 13.4. The maximum Gasteiger partial charge on any atom is 0.342 e. The molecule has 1 aliphatic heterocycles. The fraction of sp³-hybridized carbons (Fsp3) is 0.600. The summed E-state index contributed by atoms with van der Waals surface area (Å²) in [6.45, 7) is 0. The van der Waals surface area contributed by atoms with Gasteiger partial charge in [-0.3, -0.25) is 9.63 Å². The molecule has 19 heavy (non-hydrogen) atoms. The van der Waals surface area contributed by atoms with Crippen LogP contribution in [0.3, 0.4) is 0 Å². The van der Waals surface area contributed by atoms with E-state index in [1.807, 2.05) is 0 Å². The highest BCUT2D eigenvalue weighted by Crippen LogP contribution is 2.33. The van der Waals surface area contributed by atoms with E-state index in [1.54, 1.807) is 14.1 Å². The van der Waals surface area contributed by atoms with Crippen LogP contribution < -0.4 is 5.32 Å². The van der Waals surface area contributed by atoms with Gasteiger partial charge in [0.2, 0.25) is 5.82 Å². The van der Waals surface area contributed by atoms with Crippen LogP contribution in [0.5, 0.6) is 0 Å². The van der Waals surface area contributed by atoms with E-state index >= 15 is 0 Å². The van der Waals surface area contributed by atoms with Crippen molar-refractivity contribution in [1.29, 1.82) is 0 Å². The Kier molecular flexibility index (Phi) is 3.49. The summed E-state index contributed by atoms with van der Waals surface area (Å²) in [6.07, 6.45) is 1.00.